The maximum atomic E-state index is 15.8. The molecular weight excluding hydrogens is 664 g/mol. The Hall–Kier alpha value is -4.09. The number of likely N-dealkylation sites (tertiary alicyclic amines) is 1. The first-order chi connectivity index (χ1) is 24.6. The molecule has 4 aliphatic rings. The quantitative estimate of drug-likeness (QED) is 0.288. The minimum absolute atomic E-state index is 0. The smallest absolute Gasteiger partial charge is 0.322 e. The van der Waals surface area contributed by atoms with Crippen LogP contribution < -0.4 is 10.2 Å². The molecule has 3 aromatic carbocycles. The van der Waals surface area contributed by atoms with E-state index in [-0.39, 0.29) is 44.5 Å². The van der Waals surface area contributed by atoms with Crippen LogP contribution in [0.5, 0.6) is 0 Å². The molecule has 1 unspecified atom stereocenters. The highest BCUT2D eigenvalue weighted by atomic mass is 32.2. The molecule has 7 rings (SSSR count). The number of nitrogens with zero attached hydrogens (tertiary/aromatic N) is 5. The summed E-state index contributed by atoms with van der Waals surface area (Å²) in [6.07, 6.45) is 2.26. The van der Waals surface area contributed by atoms with E-state index in [2.05, 4.69) is 42.0 Å². The second-order valence-corrected chi connectivity index (χ2v) is 16.4. The van der Waals surface area contributed by atoms with Crippen LogP contribution in [0, 0.1) is 5.82 Å². The number of amides is 4. The molecule has 0 bridgehead atoms. The molecule has 3 saturated heterocycles. The van der Waals surface area contributed by atoms with Gasteiger partial charge in [-0.15, -0.1) is 11.8 Å². The van der Waals surface area contributed by atoms with E-state index >= 15 is 4.39 Å². The lowest BCUT2D eigenvalue weighted by Crippen LogP contribution is -2.53. The number of halogens is 1. The van der Waals surface area contributed by atoms with Crippen LogP contribution >= 0.6 is 11.8 Å². The molecule has 0 aliphatic carbocycles. The third-order valence-corrected chi connectivity index (χ3v) is 12.4. The van der Waals surface area contributed by atoms with Crippen molar-refractivity contribution in [3.05, 3.63) is 95.3 Å². The predicted molar refractivity (Wildman–Crippen MR) is 205 cm³/mol. The highest BCUT2D eigenvalue weighted by Gasteiger charge is 2.44. The number of anilines is 2. The molecular formula is C40H53FN6O3S. The third-order valence-electron chi connectivity index (χ3n) is 10.9. The van der Waals surface area contributed by atoms with Crippen molar-refractivity contribution in [3.63, 3.8) is 0 Å². The number of urea groups is 1. The maximum absolute atomic E-state index is 15.8. The van der Waals surface area contributed by atoms with E-state index in [1.54, 1.807) is 6.07 Å². The fourth-order valence-electron chi connectivity index (χ4n) is 8.02. The largest absolute Gasteiger partial charge is 0.366 e. The molecule has 0 radical (unpaired) electrons. The van der Waals surface area contributed by atoms with Crippen molar-refractivity contribution in [3.8, 4) is 0 Å². The number of fused-ring (bicyclic) bond motifs is 1. The number of hydrogen-bond acceptors (Lipinski definition) is 6. The first-order valence-electron chi connectivity index (χ1n) is 18.3. The molecule has 0 saturated carbocycles. The normalized spacial score (nSPS) is 22.2. The van der Waals surface area contributed by atoms with Crippen LogP contribution in [0.2, 0.25) is 0 Å². The summed E-state index contributed by atoms with van der Waals surface area (Å²) >= 11 is 1.47. The number of carbonyl (C=O) groups is 3. The number of nitrogens with one attached hydrogen (secondary N) is 1. The summed E-state index contributed by atoms with van der Waals surface area (Å²) in [6.45, 7) is 11.7. The number of piperazine rings is 1. The van der Waals surface area contributed by atoms with Crippen molar-refractivity contribution in [1.82, 2.24) is 19.6 Å². The van der Waals surface area contributed by atoms with Crippen LogP contribution in [0.15, 0.2) is 72.8 Å². The molecule has 3 fully saturated rings. The van der Waals surface area contributed by atoms with Crippen LogP contribution in [0.4, 0.5) is 20.6 Å². The number of thioether (sulfide) groups is 1. The van der Waals surface area contributed by atoms with Gasteiger partial charge in [-0.3, -0.25) is 14.5 Å². The van der Waals surface area contributed by atoms with Crippen molar-refractivity contribution in [1.29, 1.82) is 0 Å². The molecule has 1 N–H and O–H groups in total. The molecule has 0 spiro atoms. The minimum atomic E-state index is -0.576. The second kappa shape index (κ2) is 14.9. The number of rotatable bonds is 7. The van der Waals surface area contributed by atoms with Gasteiger partial charge in [0.1, 0.15) is 11.2 Å². The Balaban J connectivity index is 0.00000271. The zero-order chi connectivity index (χ0) is 35.7. The topological polar surface area (TPSA) is 79.4 Å². The Bertz CT molecular complexity index is 1750. The molecule has 2 atom stereocenters. The Labute approximate surface area is 308 Å². The summed E-state index contributed by atoms with van der Waals surface area (Å²) < 4.78 is 15.8. The lowest BCUT2D eigenvalue weighted by Gasteiger charge is -2.43. The fraction of sp³-hybridized carbons (Fsp3) is 0.475. The number of carbonyl (C=O) groups excluding carboxylic acids is 3. The lowest BCUT2D eigenvalue weighted by atomic mass is 10.0. The highest BCUT2D eigenvalue weighted by molar-refractivity contribution is 8.01. The Morgan fingerprint density at radius 3 is 2.31 bits per heavy atom. The van der Waals surface area contributed by atoms with E-state index in [1.807, 2.05) is 69.3 Å². The van der Waals surface area contributed by atoms with Gasteiger partial charge in [-0.25, -0.2) is 9.18 Å². The van der Waals surface area contributed by atoms with Gasteiger partial charge in [0.2, 0.25) is 11.8 Å². The lowest BCUT2D eigenvalue weighted by molar-refractivity contribution is -0.137. The van der Waals surface area contributed by atoms with E-state index in [0.717, 1.165) is 41.9 Å². The Morgan fingerprint density at radius 1 is 0.882 bits per heavy atom. The van der Waals surface area contributed by atoms with Gasteiger partial charge < -0.3 is 24.9 Å². The van der Waals surface area contributed by atoms with E-state index < -0.39 is 10.6 Å². The number of hydrogen-bond donors (Lipinski definition) is 1. The summed E-state index contributed by atoms with van der Waals surface area (Å²) in [6, 6.07) is 22.9. The van der Waals surface area contributed by atoms with Gasteiger partial charge in [-0.1, -0.05) is 60.7 Å². The van der Waals surface area contributed by atoms with Gasteiger partial charge >= 0.3 is 6.03 Å². The van der Waals surface area contributed by atoms with Gasteiger partial charge in [-0.05, 0) is 63.3 Å². The van der Waals surface area contributed by atoms with Crippen molar-refractivity contribution in [2.45, 2.75) is 75.2 Å². The van der Waals surface area contributed by atoms with Gasteiger partial charge in [0.25, 0.3) is 0 Å². The monoisotopic (exact) mass is 716 g/mol. The summed E-state index contributed by atoms with van der Waals surface area (Å²) in [7, 11) is 0. The summed E-state index contributed by atoms with van der Waals surface area (Å²) in [5, 5.41) is 2.06. The molecule has 11 heteroatoms. The Morgan fingerprint density at radius 2 is 1.59 bits per heavy atom. The maximum Gasteiger partial charge on any atom is 0.322 e. The summed E-state index contributed by atoms with van der Waals surface area (Å²) in [4.78, 5) is 51.3. The van der Waals surface area contributed by atoms with Crippen molar-refractivity contribution >= 4 is 41.0 Å². The molecule has 4 amide bonds. The molecule has 51 heavy (non-hydrogen) atoms. The molecule has 274 valence electrons. The van der Waals surface area contributed by atoms with Gasteiger partial charge in [0.15, 0.2) is 0 Å². The first kappa shape index (κ1) is 35.3. The molecule has 0 aromatic heterocycles. The second-order valence-electron chi connectivity index (χ2n) is 15.1. The minimum Gasteiger partial charge on any atom is -0.366 e. The van der Waals surface area contributed by atoms with Crippen molar-refractivity contribution in [2.24, 2.45) is 0 Å². The average molecular weight is 717 g/mol. The first-order valence-corrected chi connectivity index (χ1v) is 19.2. The highest BCUT2D eigenvalue weighted by Crippen LogP contribution is 2.48. The van der Waals surface area contributed by atoms with Crippen LogP contribution in [0.1, 0.15) is 65.0 Å². The van der Waals surface area contributed by atoms with Crippen LogP contribution in [-0.2, 0) is 22.6 Å². The van der Waals surface area contributed by atoms with Crippen LogP contribution in [-0.4, -0.2) is 100 Å². The SMILES string of the molecule is CC(C)(C)N1CCN(c2c(F)cccc2C2S[C@@H](CC(=O)N3CCC(N4CCc5ccccc5NC4=O)CC3)C(=O)N2Cc2ccccc2)CC1.[HH].[HH]. The van der Waals surface area contributed by atoms with Crippen LogP contribution in [0.3, 0.4) is 0 Å². The number of benzene rings is 3. The third kappa shape index (κ3) is 7.60. The average Bonchev–Trinajstić information content (AvgIpc) is 3.31. The van der Waals surface area contributed by atoms with Gasteiger partial charge in [0, 0.05) is 84.5 Å². The predicted octanol–water partition coefficient (Wildman–Crippen LogP) is 6.85. The molecule has 4 heterocycles. The van der Waals surface area contributed by atoms with Crippen LogP contribution in [0.25, 0.3) is 0 Å². The summed E-state index contributed by atoms with van der Waals surface area (Å²) in [5.74, 6) is -0.426. The van der Waals surface area contributed by atoms with Crippen molar-refractivity contribution < 1.29 is 21.6 Å². The zero-order valence-corrected chi connectivity index (χ0v) is 30.7. The number of piperidine rings is 1. The van der Waals surface area contributed by atoms with E-state index in [1.165, 1.54) is 17.8 Å². The number of para-hydroxylation sites is 2. The summed E-state index contributed by atoms with van der Waals surface area (Å²) in [5.41, 5.74) is 4.36. The molecule has 3 aromatic rings. The fourth-order valence-corrected chi connectivity index (χ4v) is 9.49. The van der Waals surface area contributed by atoms with E-state index in [9.17, 15) is 14.4 Å². The van der Waals surface area contributed by atoms with E-state index in [0.29, 0.717) is 57.8 Å². The Kier molecular flexibility index (Phi) is 10.3. The van der Waals surface area contributed by atoms with Gasteiger partial charge in [0.05, 0.1) is 10.9 Å². The van der Waals surface area contributed by atoms with Gasteiger partial charge in [-0.2, -0.15) is 0 Å². The molecule has 4 aliphatic heterocycles. The van der Waals surface area contributed by atoms with Crippen molar-refractivity contribution in [2.75, 3.05) is 56.0 Å². The van der Waals surface area contributed by atoms with E-state index in [4.69, 9.17) is 0 Å². The molecule has 9 nitrogen and oxygen atoms in total. The standard InChI is InChI=1S/C40H49FN6O3S.2H2/c1-40(2,3)45-24-22-44(23-25-45)36-31(13-9-14-32(36)41)38-47(27-28-10-5-4-6-11-28)37(49)34(51-38)26-35(48)43-19-17-30(18-20-43)46-21-16-29-12-7-8-15-33(29)42-39(46)50;;/h4-15,30,34,38H,16-27H2,1-3H3,(H,42,50);2*1H/t34-,38?;;/m0../s1. The zero-order valence-electron chi connectivity index (χ0n) is 29.9.